The quantitative estimate of drug-likeness (QED) is 0.709. The zero-order chi connectivity index (χ0) is 15.5. The molecule has 3 rings (SSSR count). The maximum absolute atomic E-state index is 12.2. The van der Waals surface area contributed by atoms with Crippen LogP contribution in [0.15, 0.2) is 24.3 Å². The molecule has 0 aliphatic carbocycles. The number of amides is 3. The van der Waals surface area contributed by atoms with Crippen LogP contribution in [0.4, 0.5) is 16.2 Å². The number of methoxy groups -OCH3 is 1. The highest BCUT2D eigenvalue weighted by Gasteiger charge is 2.41. The van der Waals surface area contributed by atoms with E-state index >= 15 is 0 Å². The average Bonchev–Trinajstić information content (AvgIpc) is 2.92. The molecule has 0 saturated carbocycles. The number of nitrogens with one attached hydrogen (secondary N) is 3. The summed E-state index contributed by atoms with van der Waals surface area (Å²) in [5.41, 5.74) is 1.84. The Labute approximate surface area is 129 Å². The Hall–Kier alpha value is -2.28. The minimum atomic E-state index is -0.226. The molecule has 0 bridgehead atoms. The van der Waals surface area contributed by atoms with Crippen molar-refractivity contribution in [3.8, 4) is 0 Å². The monoisotopic (exact) mass is 304 g/mol. The van der Waals surface area contributed by atoms with Crippen LogP contribution in [0.5, 0.6) is 0 Å². The van der Waals surface area contributed by atoms with E-state index in [1.807, 2.05) is 24.3 Å². The van der Waals surface area contributed by atoms with Gasteiger partial charge in [-0.05, 0) is 18.6 Å². The molecule has 0 aromatic heterocycles. The Morgan fingerprint density at radius 1 is 1.45 bits per heavy atom. The van der Waals surface area contributed by atoms with Gasteiger partial charge in [-0.3, -0.25) is 4.79 Å². The zero-order valence-electron chi connectivity index (χ0n) is 12.5. The van der Waals surface area contributed by atoms with Crippen molar-refractivity contribution in [2.45, 2.75) is 18.5 Å². The molecule has 3 amide bonds. The van der Waals surface area contributed by atoms with Crippen LogP contribution in [0.3, 0.4) is 0 Å². The second-order valence-corrected chi connectivity index (χ2v) is 5.50. The smallest absolute Gasteiger partial charge is 0.315 e. The van der Waals surface area contributed by atoms with Gasteiger partial charge in [-0.25, -0.2) is 4.79 Å². The molecule has 2 aliphatic rings. The first-order valence-electron chi connectivity index (χ1n) is 7.39. The van der Waals surface area contributed by atoms with E-state index in [0.29, 0.717) is 26.1 Å². The summed E-state index contributed by atoms with van der Waals surface area (Å²) in [6.45, 7) is 1.57. The Balaban J connectivity index is 1.64. The summed E-state index contributed by atoms with van der Waals surface area (Å²) < 4.78 is 4.89. The number of anilines is 2. The number of benzene rings is 1. The molecule has 1 saturated heterocycles. The standard InChI is InChI=1S/C15H20N4O3/c1-22-7-6-16-15(21)17-10-8-13-14(20)18-11-4-2-3-5-12(11)19(13)9-10/h2-5,10,13H,6-9H2,1H3,(H,18,20)(H2,16,17,21). The van der Waals surface area contributed by atoms with Crippen molar-refractivity contribution in [3.63, 3.8) is 0 Å². The Bertz CT molecular complexity index is 578. The number of carbonyl (C=O) groups is 2. The zero-order valence-corrected chi connectivity index (χ0v) is 12.5. The van der Waals surface area contributed by atoms with Crippen molar-refractivity contribution in [1.29, 1.82) is 0 Å². The minimum Gasteiger partial charge on any atom is -0.383 e. The first-order chi connectivity index (χ1) is 10.7. The third-order valence-corrected chi connectivity index (χ3v) is 4.00. The lowest BCUT2D eigenvalue weighted by Crippen LogP contribution is -2.44. The molecule has 2 aliphatic heterocycles. The maximum Gasteiger partial charge on any atom is 0.315 e. The molecule has 22 heavy (non-hydrogen) atoms. The molecular formula is C15H20N4O3. The largest absolute Gasteiger partial charge is 0.383 e. The van der Waals surface area contributed by atoms with Crippen molar-refractivity contribution >= 4 is 23.3 Å². The van der Waals surface area contributed by atoms with Crippen molar-refractivity contribution in [2.24, 2.45) is 0 Å². The van der Waals surface area contributed by atoms with Crippen LogP contribution in [0, 0.1) is 0 Å². The number of carbonyl (C=O) groups excluding carboxylic acids is 2. The number of nitrogens with zero attached hydrogens (tertiary/aromatic N) is 1. The molecule has 7 nitrogen and oxygen atoms in total. The molecule has 7 heteroatoms. The third kappa shape index (κ3) is 2.85. The first-order valence-corrected chi connectivity index (χ1v) is 7.39. The summed E-state index contributed by atoms with van der Waals surface area (Å²) in [7, 11) is 1.59. The number of hydrogen-bond donors (Lipinski definition) is 3. The van der Waals surface area contributed by atoms with E-state index in [1.165, 1.54) is 0 Å². The van der Waals surface area contributed by atoms with Gasteiger partial charge in [0, 0.05) is 20.2 Å². The van der Waals surface area contributed by atoms with E-state index in [4.69, 9.17) is 4.74 Å². The Kier molecular flexibility index (Phi) is 4.15. The SMILES string of the molecule is COCCNC(=O)NC1CC2C(=O)Nc3ccccc3N2C1. The van der Waals surface area contributed by atoms with Gasteiger partial charge in [0.15, 0.2) is 0 Å². The molecule has 0 spiro atoms. The number of hydrogen-bond acceptors (Lipinski definition) is 4. The Morgan fingerprint density at radius 3 is 3.09 bits per heavy atom. The van der Waals surface area contributed by atoms with Crippen LogP contribution in [0.1, 0.15) is 6.42 Å². The summed E-state index contributed by atoms with van der Waals surface area (Å²) in [5.74, 6) is -0.0113. The normalized spacial score (nSPS) is 22.6. The lowest BCUT2D eigenvalue weighted by atomic mass is 10.1. The van der Waals surface area contributed by atoms with Crippen LogP contribution >= 0.6 is 0 Å². The minimum absolute atomic E-state index is 0.0113. The second-order valence-electron chi connectivity index (χ2n) is 5.50. The van der Waals surface area contributed by atoms with Gasteiger partial charge >= 0.3 is 6.03 Å². The van der Waals surface area contributed by atoms with E-state index in [1.54, 1.807) is 7.11 Å². The van der Waals surface area contributed by atoms with E-state index in [9.17, 15) is 9.59 Å². The Morgan fingerprint density at radius 2 is 2.27 bits per heavy atom. The first kappa shape index (κ1) is 14.6. The van der Waals surface area contributed by atoms with Gasteiger partial charge < -0.3 is 25.6 Å². The van der Waals surface area contributed by atoms with Crippen molar-refractivity contribution in [3.05, 3.63) is 24.3 Å². The average molecular weight is 304 g/mol. The summed E-state index contributed by atoms with van der Waals surface area (Å²) in [6, 6.07) is 7.23. The fourth-order valence-corrected chi connectivity index (χ4v) is 3.00. The van der Waals surface area contributed by atoms with Gasteiger partial charge in [-0.1, -0.05) is 12.1 Å². The highest BCUT2D eigenvalue weighted by atomic mass is 16.5. The topological polar surface area (TPSA) is 82.7 Å². The number of urea groups is 1. The highest BCUT2D eigenvalue weighted by molar-refractivity contribution is 6.04. The predicted octanol–water partition coefficient (Wildman–Crippen LogP) is 0.532. The van der Waals surface area contributed by atoms with Gasteiger partial charge in [0.25, 0.3) is 0 Å². The van der Waals surface area contributed by atoms with Gasteiger partial charge in [-0.2, -0.15) is 0 Å². The number of ether oxygens (including phenoxy) is 1. The molecule has 1 fully saturated rings. The van der Waals surface area contributed by atoms with Crippen LogP contribution in [0.25, 0.3) is 0 Å². The molecular weight excluding hydrogens is 284 g/mol. The molecule has 118 valence electrons. The van der Waals surface area contributed by atoms with Gasteiger partial charge in [-0.15, -0.1) is 0 Å². The van der Waals surface area contributed by atoms with Gasteiger partial charge in [0.2, 0.25) is 5.91 Å². The third-order valence-electron chi connectivity index (χ3n) is 4.00. The van der Waals surface area contributed by atoms with E-state index in [2.05, 4.69) is 20.9 Å². The van der Waals surface area contributed by atoms with E-state index < -0.39 is 0 Å². The van der Waals surface area contributed by atoms with Crippen molar-refractivity contribution in [1.82, 2.24) is 10.6 Å². The lowest BCUT2D eigenvalue weighted by Gasteiger charge is -2.32. The van der Waals surface area contributed by atoms with E-state index in [-0.39, 0.29) is 24.0 Å². The van der Waals surface area contributed by atoms with Crippen LogP contribution in [0.2, 0.25) is 0 Å². The maximum atomic E-state index is 12.2. The number of rotatable bonds is 4. The summed E-state index contributed by atoms with van der Waals surface area (Å²) in [4.78, 5) is 26.1. The summed E-state index contributed by atoms with van der Waals surface area (Å²) in [5, 5.41) is 8.57. The van der Waals surface area contributed by atoms with Gasteiger partial charge in [0.05, 0.1) is 24.0 Å². The van der Waals surface area contributed by atoms with Gasteiger partial charge in [0.1, 0.15) is 6.04 Å². The summed E-state index contributed by atoms with van der Waals surface area (Å²) in [6.07, 6.45) is 0.609. The van der Waals surface area contributed by atoms with Crippen LogP contribution in [-0.2, 0) is 9.53 Å². The van der Waals surface area contributed by atoms with Crippen molar-refractivity contribution in [2.75, 3.05) is 37.0 Å². The summed E-state index contributed by atoms with van der Waals surface area (Å²) >= 11 is 0. The van der Waals surface area contributed by atoms with Crippen molar-refractivity contribution < 1.29 is 14.3 Å². The number of para-hydroxylation sites is 2. The molecule has 1 aromatic carbocycles. The number of fused-ring (bicyclic) bond motifs is 3. The molecule has 2 unspecified atom stereocenters. The molecule has 2 atom stereocenters. The molecule has 0 radical (unpaired) electrons. The second kappa shape index (κ2) is 6.23. The fraction of sp³-hybridized carbons (Fsp3) is 0.467. The molecule has 1 aromatic rings. The molecule has 3 N–H and O–H groups in total. The fourth-order valence-electron chi connectivity index (χ4n) is 3.00. The predicted molar refractivity (Wildman–Crippen MR) is 83.0 cm³/mol. The van der Waals surface area contributed by atoms with E-state index in [0.717, 1.165) is 11.4 Å². The van der Waals surface area contributed by atoms with Crippen LogP contribution < -0.4 is 20.9 Å². The lowest BCUT2D eigenvalue weighted by molar-refractivity contribution is -0.117. The van der Waals surface area contributed by atoms with Crippen LogP contribution in [-0.4, -0.2) is 50.8 Å². The molecule has 2 heterocycles. The highest BCUT2D eigenvalue weighted by Crippen LogP contribution is 2.36.